The van der Waals surface area contributed by atoms with Crippen LogP contribution < -0.4 is 15.4 Å². The SMILES string of the molecule is COc1ccc(NC(=O)CNCCCCC(F)(F)F)cc1. The molecule has 0 spiro atoms. The summed E-state index contributed by atoms with van der Waals surface area (Å²) in [4.78, 5) is 11.6. The zero-order valence-electron chi connectivity index (χ0n) is 11.8. The summed E-state index contributed by atoms with van der Waals surface area (Å²) in [5.41, 5.74) is 0.639. The van der Waals surface area contributed by atoms with E-state index < -0.39 is 12.6 Å². The predicted octanol–water partition coefficient (Wildman–Crippen LogP) is 2.96. The van der Waals surface area contributed by atoms with Gasteiger partial charge in [0, 0.05) is 12.1 Å². The molecule has 4 nitrogen and oxygen atoms in total. The number of amides is 1. The van der Waals surface area contributed by atoms with Crippen molar-refractivity contribution in [1.29, 1.82) is 0 Å². The van der Waals surface area contributed by atoms with Crippen LogP contribution >= 0.6 is 0 Å². The lowest BCUT2D eigenvalue weighted by Gasteiger charge is -2.08. The number of unbranched alkanes of at least 4 members (excludes halogenated alkanes) is 1. The summed E-state index contributed by atoms with van der Waals surface area (Å²) >= 11 is 0. The number of carbonyl (C=O) groups excluding carboxylic acids is 1. The molecule has 1 aromatic rings. The number of benzene rings is 1. The molecule has 0 aliphatic rings. The summed E-state index contributed by atoms with van der Waals surface area (Å²) in [6.45, 7) is 0.449. The molecule has 1 amide bonds. The van der Waals surface area contributed by atoms with Crippen LogP contribution in [-0.4, -0.2) is 32.3 Å². The van der Waals surface area contributed by atoms with Gasteiger partial charge >= 0.3 is 6.18 Å². The first-order valence-electron chi connectivity index (χ1n) is 6.62. The lowest BCUT2D eigenvalue weighted by atomic mass is 10.2. The monoisotopic (exact) mass is 304 g/mol. The molecule has 0 unspecified atom stereocenters. The summed E-state index contributed by atoms with van der Waals surface area (Å²) in [6, 6.07) is 6.86. The molecule has 0 radical (unpaired) electrons. The molecule has 0 saturated heterocycles. The zero-order chi connectivity index (χ0) is 15.7. The maximum atomic E-state index is 11.9. The van der Waals surface area contributed by atoms with Crippen molar-refractivity contribution in [3.05, 3.63) is 24.3 Å². The Kier molecular flexibility index (Phi) is 7.01. The number of halogens is 3. The van der Waals surface area contributed by atoms with Crippen molar-refractivity contribution in [3.8, 4) is 5.75 Å². The molecule has 0 aromatic heterocycles. The highest BCUT2D eigenvalue weighted by Gasteiger charge is 2.25. The van der Waals surface area contributed by atoms with E-state index in [2.05, 4.69) is 10.6 Å². The Morgan fingerprint density at radius 2 is 1.86 bits per heavy atom. The topological polar surface area (TPSA) is 50.4 Å². The van der Waals surface area contributed by atoms with E-state index in [1.54, 1.807) is 31.4 Å². The fourth-order valence-electron chi connectivity index (χ4n) is 1.66. The van der Waals surface area contributed by atoms with E-state index in [0.29, 0.717) is 24.4 Å². The largest absolute Gasteiger partial charge is 0.497 e. The minimum atomic E-state index is -4.11. The zero-order valence-corrected chi connectivity index (χ0v) is 11.8. The molecule has 2 N–H and O–H groups in total. The second-order valence-electron chi connectivity index (χ2n) is 4.53. The van der Waals surface area contributed by atoms with Crippen molar-refractivity contribution in [2.45, 2.75) is 25.4 Å². The van der Waals surface area contributed by atoms with Crippen LogP contribution in [0.2, 0.25) is 0 Å². The molecular weight excluding hydrogens is 285 g/mol. The third kappa shape index (κ3) is 8.19. The van der Waals surface area contributed by atoms with Gasteiger partial charge < -0.3 is 15.4 Å². The summed E-state index contributed by atoms with van der Waals surface area (Å²) in [6.07, 6.45) is -4.44. The molecule has 0 aliphatic heterocycles. The first-order valence-corrected chi connectivity index (χ1v) is 6.62. The molecule has 7 heteroatoms. The molecule has 0 saturated carbocycles. The van der Waals surface area contributed by atoms with E-state index in [1.165, 1.54) is 0 Å². The highest BCUT2D eigenvalue weighted by molar-refractivity contribution is 5.92. The number of anilines is 1. The minimum Gasteiger partial charge on any atom is -0.497 e. The van der Waals surface area contributed by atoms with E-state index >= 15 is 0 Å². The van der Waals surface area contributed by atoms with Gasteiger partial charge in [-0.3, -0.25) is 4.79 Å². The van der Waals surface area contributed by atoms with Gasteiger partial charge in [0.2, 0.25) is 5.91 Å². The van der Waals surface area contributed by atoms with Crippen molar-refractivity contribution < 1.29 is 22.7 Å². The fourth-order valence-corrected chi connectivity index (χ4v) is 1.66. The Balaban J connectivity index is 2.13. The number of rotatable bonds is 8. The second kappa shape index (κ2) is 8.51. The van der Waals surface area contributed by atoms with Crippen molar-refractivity contribution in [3.63, 3.8) is 0 Å². The quantitative estimate of drug-likeness (QED) is 0.726. The summed E-state index contributed by atoms with van der Waals surface area (Å²) in [7, 11) is 1.55. The number of hydrogen-bond acceptors (Lipinski definition) is 3. The first-order chi connectivity index (χ1) is 9.90. The number of alkyl halides is 3. The average Bonchev–Trinajstić information content (AvgIpc) is 2.42. The summed E-state index contributed by atoms with van der Waals surface area (Å²) in [5.74, 6) is 0.451. The highest BCUT2D eigenvalue weighted by Crippen LogP contribution is 2.21. The van der Waals surface area contributed by atoms with Gasteiger partial charge in [-0.2, -0.15) is 13.2 Å². The standard InChI is InChI=1S/C14H19F3N2O2/c1-21-12-6-4-11(5-7-12)19-13(20)10-18-9-3-2-8-14(15,16)17/h4-7,18H,2-3,8-10H2,1H3,(H,19,20). The lowest BCUT2D eigenvalue weighted by molar-refractivity contribution is -0.135. The van der Waals surface area contributed by atoms with Gasteiger partial charge in [0.15, 0.2) is 0 Å². The molecule has 0 heterocycles. The normalized spacial score (nSPS) is 11.2. The summed E-state index contributed by atoms with van der Waals surface area (Å²) in [5, 5.41) is 5.48. The van der Waals surface area contributed by atoms with Crippen LogP contribution in [0.1, 0.15) is 19.3 Å². The molecule has 118 valence electrons. The number of carbonyl (C=O) groups is 1. The van der Waals surface area contributed by atoms with Gasteiger partial charge in [-0.15, -0.1) is 0 Å². The fraction of sp³-hybridized carbons (Fsp3) is 0.500. The van der Waals surface area contributed by atoms with Crippen molar-refractivity contribution in [2.24, 2.45) is 0 Å². The molecule has 0 fully saturated rings. The Hall–Kier alpha value is -1.76. The van der Waals surface area contributed by atoms with Crippen molar-refractivity contribution in [2.75, 3.05) is 25.5 Å². The van der Waals surface area contributed by atoms with Gasteiger partial charge in [-0.1, -0.05) is 0 Å². The van der Waals surface area contributed by atoms with Crippen LogP contribution in [0.15, 0.2) is 24.3 Å². The lowest BCUT2D eigenvalue weighted by Crippen LogP contribution is -2.28. The van der Waals surface area contributed by atoms with Gasteiger partial charge in [0.1, 0.15) is 5.75 Å². The van der Waals surface area contributed by atoms with E-state index in [1.807, 2.05) is 0 Å². The van der Waals surface area contributed by atoms with Crippen LogP contribution in [0, 0.1) is 0 Å². The Morgan fingerprint density at radius 1 is 1.19 bits per heavy atom. The minimum absolute atomic E-state index is 0.0661. The predicted molar refractivity (Wildman–Crippen MR) is 74.4 cm³/mol. The third-order valence-corrected chi connectivity index (χ3v) is 2.72. The number of nitrogens with one attached hydrogen (secondary N) is 2. The Labute approximate surface area is 121 Å². The summed E-state index contributed by atoms with van der Waals surface area (Å²) < 4.78 is 40.7. The first kappa shape index (κ1) is 17.3. The van der Waals surface area contributed by atoms with Gasteiger partial charge in [0.05, 0.1) is 13.7 Å². The number of methoxy groups -OCH3 is 1. The van der Waals surface area contributed by atoms with Crippen LogP contribution in [0.5, 0.6) is 5.75 Å². The van der Waals surface area contributed by atoms with Crippen molar-refractivity contribution in [1.82, 2.24) is 5.32 Å². The van der Waals surface area contributed by atoms with E-state index in [9.17, 15) is 18.0 Å². The molecular formula is C14H19F3N2O2. The van der Waals surface area contributed by atoms with E-state index in [-0.39, 0.29) is 18.9 Å². The highest BCUT2D eigenvalue weighted by atomic mass is 19.4. The van der Waals surface area contributed by atoms with Crippen LogP contribution in [0.25, 0.3) is 0 Å². The van der Waals surface area contributed by atoms with Crippen LogP contribution in [-0.2, 0) is 4.79 Å². The van der Waals surface area contributed by atoms with Crippen molar-refractivity contribution >= 4 is 11.6 Å². The number of hydrogen-bond donors (Lipinski definition) is 2. The molecule has 0 atom stereocenters. The number of ether oxygens (including phenoxy) is 1. The smallest absolute Gasteiger partial charge is 0.389 e. The molecule has 0 aliphatic carbocycles. The van der Waals surface area contributed by atoms with E-state index in [0.717, 1.165) is 0 Å². The maximum Gasteiger partial charge on any atom is 0.389 e. The van der Waals surface area contributed by atoms with Gasteiger partial charge in [-0.05, 0) is 43.7 Å². The second-order valence-corrected chi connectivity index (χ2v) is 4.53. The average molecular weight is 304 g/mol. The van der Waals surface area contributed by atoms with Crippen LogP contribution in [0.4, 0.5) is 18.9 Å². The van der Waals surface area contributed by atoms with Crippen LogP contribution in [0.3, 0.4) is 0 Å². The van der Waals surface area contributed by atoms with E-state index in [4.69, 9.17) is 4.74 Å². The molecule has 0 bridgehead atoms. The molecule has 1 aromatic carbocycles. The third-order valence-electron chi connectivity index (χ3n) is 2.72. The Morgan fingerprint density at radius 3 is 2.43 bits per heavy atom. The van der Waals surface area contributed by atoms with Gasteiger partial charge in [0.25, 0.3) is 0 Å². The van der Waals surface area contributed by atoms with Gasteiger partial charge in [-0.25, -0.2) is 0 Å². The maximum absolute atomic E-state index is 11.9. The Bertz CT molecular complexity index is 433. The molecule has 21 heavy (non-hydrogen) atoms. The molecule has 1 rings (SSSR count).